The highest BCUT2D eigenvalue weighted by Crippen LogP contribution is 2.25. The molecule has 152 valence electrons. The largest absolute Gasteiger partial charge is 0.325 e. The number of aromatic nitrogens is 2. The standard InChI is InChI=1S/C25H26N4O/c1-18-10-9-13-21(19(18)2)26-24(30)17-28(3)16-22-25(20-11-5-4-6-12-20)27-23-14-7-8-15-29(22)23/h4-15H,16-17H2,1-3H3,(H,26,30). The number of nitrogens with one attached hydrogen (secondary N) is 1. The summed E-state index contributed by atoms with van der Waals surface area (Å²) in [4.78, 5) is 19.5. The molecule has 5 heteroatoms. The molecule has 30 heavy (non-hydrogen) atoms. The highest BCUT2D eigenvalue weighted by atomic mass is 16.2. The number of hydrogen-bond donors (Lipinski definition) is 1. The molecule has 5 nitrogen and oxygen atoms in total. The fourth-order valence-corrected chi connectivity index (χ4v) is 3.66. The first kappa shape index (κ1) is 19.9. The van der Waals surface area contributed by atoms with Gasteiger partial charge in [-0.2, -0.15) is 0 Å². The van der Waals surface area contributed by atoms with Crippen molar-refractivity contribution in [3.05, 3.63) is 89.7 Å². The van der Waals surface area contributed by atoms with Crippen LogP contribution in [-0.2, 0) is 11.3 Å². The maximum atomic E-state index is 12.7. The van der Waals surface area contributed by atoms with Crippen molar-refractivity contribution in [1.29, 1.82) is 0 Å². The summed E-state index contributed by atoms with van der Waals surface area (Å²) in [6.45, 7) is 4.98. The zero-order valence-corrected chi connectivity index (χ0v) is 17.6. The molecule has 0 bridgehead atoms. The number of amides is 1. The predicted molar refractivity (Wildman–Crippen MR) is 122 cm³/mol. The minimum Gasteiger partial charge on any atom is -0.325 e. The van der Waals surface area contributed by atoms with Crippen LogP contribution < -0.4 is 5.32 Å². The Balaban J connectivity index is 1.55. The molecule has 0 spiro atoms. The van der Waals surface area contributed by atoms with Gasteiger partial charge in [-0.15, -0.1) is 0 Å². The fourth-order valence-electron chi connectivity index (χ4n) is 3.66. The first-order chi connectivity index (χ1) is 14.5. The number of anilines is 1. The van der Waals surface area contributed by atoms with Crippen LogP contribution in [0.4, 0.5) is 5.69 Å². The number of fused-ring (bicyclic) bond motifs is 1. The Morgan fingerprint density at radius 2 is 1.77 bits per heavy atom. The van der Waals surface area contributed by atoms with Gasteiger partial charge in [0.25, 0.3) is 0 Å². The second-order valence-corrected chi connectivity index (χ2v) is 7.67. The molecule has 1 amide bonds. The molecule has 0 saturated carbocycles. The van der Waals surface area contributed by atoms with Crippen molar-refractivity contribution >= 4 is 17.2 Å². The van der Waals surface area contributed by atoms with E-state index < -0.39 is 0 Å². The van der Waals surface area contributed by atoms with Crippen LogP contribution >= 0.6 is 0 Å². The highest BCUT2D eigenvalue weighted by Gasteiger charge is 2.17. The SMILES string of the molecule is Cc1cccc(NC(=O)CN(C)Cc2c(-c3ccccc3)nc3ccccn23)c1C. The maximum absolute atomic E-state index is 12.7. The number of nitrogens with zero attached hydrogens (tertiary/aromatic N) is 3. The van der Waals surface area contributed by atoms with E-state index in [1.54, 1.807) is 0 Å². The summed E-state index contributed by atoms with van der Waals surface area (Å²) >= 11 is 0. The molecule has 0 fully saturated rings. The monoisotopic (exact) mass is 398 g/mol. The number of aryl methyl sites for hydroxylation is 1. The number of rotatable bonds is 6. The molecule has 1 N–H and O–H groups in total. The summed E-state index contributed by atoms with van der Waals surface area (Å²) in [5.74, 6) is -0.0266. The van der Waals surface area contributed by atoms with E-state index in [1.807, 2.05) is 86.6 Å². The van der Waals surface area contributed by atoms with Crippen molar-refractivity contribution in [3.63, 3.8) is 0 Å². The molecule has 2 aromatic heterocycles. The lowest BCUT2D eigenvalue weighted by molar-refractivity contribution is -0.117. The summed E-state index contributed by atoms with van der Waals surface area (Å²) in [7, 11) is 1.96. The number of carbonyl (C=O) groups excluding carboxylic acids is 1. The highest BCUT2D eigenvalue weighted by molar-refractivity contribution is 5.93. The lowest BCUT2D eigenvalue weighted by Crippen LogP contribution is -2.30. The van der Waals surface area contributed by atoms with Gasteiger partial charge < -0.3 is 9.72 Å². The van der Waals surface area contributed by atoms with Crippen LogP contribution in [0.3, 0.4) is 0 Å². The zero-order chi connectivity index (χ0) is 21.1. The summed E-state index contributed by atoms with van der Waals surface area (Å²) < 4.78 is 2.10. The Labute approximate surface area is 177 Å². The predicted octanol–water partition coefficient (Wildman–Crippen LogP) is 4.69. The molecule has 0 saturated heterocycles. The third-order valence-electron chi connectivity index (χ3n) is 5.39. The molecule has 0 atom stereocenters. The minimum atomic E-state index is -0.0266. The van der Waals surface area contributed by atoms with E-state index in [1.165, 1.54) is 5.56 Å². The van der Waals surface area contributed by atoms with Gasteiger partial charge in [0.15, 0.2) is 0 Å². The van der Waals surface area contributed by atoms with Gasteiger partial charge in [-0.25, -0.2) is 4.98 Å². The zero-order valence-electron chi connectivity index (χ0n) is 17.6. The van der Waals surface area contributed by atoms with Gasteiger partial charge in [-0.05, 0) is 50.2 Å². The molecule has 0 unspecified atom stereocenters. The average molecular weight is 399 g/mol. The van der Waals surface area contributed by atoms with Crippen LogP contribution in [0.25, 0.3) is 16.9 Å². The summed E-state index contributed by atoms with van der Waals surface area (Å²) in [6.07, 6.45) is 2.02. The molecule has 2 aromatic carbocycles. The molecule has 2 heterocycles. The van der Waals surface area contributed by atoms with E-state index >= 15 is 0 Å². The Bertz CT molecular complexity index is 1180. The van der Waals surface area contributed by atoms with Gasteiger partial charge in [0.05, 0.1) is 17.9 Å². The van der Waals surface area contributed by atoms with Crippen molar-refractivity contribution in [1.82, 2.24) is 14.3 Å². The van der Waals surface area contributed by atoms with Gasteiger partial charge in [0.2, 0.25) is 5.91 Å². The first-order valence-corrected chi connectivity index (χ1v) is 10.1. The van der Waals surface area contributed by atoms with Gasteiger partial charge in [-0.3, -0.25) is 9.69 Å². The molecule has 0 aliphatic heterocycles. The number of imidazole rings is 1. The molecular weight excluding hydrogens is 372 g/mol. The van der Waals surface area contributed by atoms with E-state index in [2.05, 4.69) is 21.9 Å². The van der Waals surface area contributed by atoms with E-state index in [0.717, 1.165) is 33.8 Å². The lowest BCUT2D eigenvalue weighted by atomic mass is 10.1. The minimum absolute atomic E-state index is 0.0266. The smallest absolute Gasteiger partial charge is 0.238 e. The van der Waals surface area contributed by atoms with Crippen LogP contribution in [-0.4, -0.2) is 33.8 Å². The van der Waals surface area contributed by atoms with E-state index in [-0.39, 0.29) is 5.91 Å². The van der Waals surface area contributed by atoms with Crippen LogP contribution in [0.5, 0.6) is 0 Å². The fraction of sp³-hybridized carbons (Fsp3) is 0.200. The summed E-state index contributed by atoms with van der Waals surface area (Å²) in [5.41, 5.74) is 7.13. The first-order valence-electron chi connectivity index (χ1n) is 10.1. The van der Waals surface area contributed by atoms with Crippen molar-refractivity contribution in [2.24, 2.45) is 0 Å². The van der Waals surface area contributed by atoms with Crippen LogP contribution in [0, 0.1) is 13.8 Å². The normalized spacial score (nSPS) is 11.2. The average Bonchev–Trinajstić information content (AvgIpc) is 3.10. The van der Waals surface area contributed by atoms with Crippen molar-refractivity contribution < 1.29 is 4.79 Å². The van der Waals surface area contributed by atoms with E-state index in [9.17, 15) is 4.79 Å². The van der Waals surface area contributed by atoms with Gasteiger partial charge >= 0.3 is 0 Å². The van der Waals surface area contributed by atoms with E-state index in [4.69, 9.17) is 4.98 Å². The number of pyridine rings is 1. The molecule has 0 radical (unpaired) electrons. The Kier molecular flexibility index (Phi) is 5.63. The van der Waals surface area contributed by atoms with Gasteiger partial charge in [0.1, 0.15) is 5.65 Å². The van der Waals surface area contributed by atoms with Crippen molar-refractivity contribution in [2.75, 3.05) is 18.9 Å². The van der Waals surface area contributed by atoms with E-state index in [0.29, 0.717) is 13.1 Å². The molecule has 4 rings (SSSR count). The Hall–Kier alpha value is -3.44. The molecule has 0 aliphatic rings. The van der Waals surface area contributed by atoms with Crippen LogP contribution in [0.2, 0.25) is 0 Å². The molecule has 0 aliphatic carbocycles. The van der Waals surface area contributed by atoms with Gasteiger partial charge in [0, 0.05) is 24.0 Å². The Morgan fingerprint density at radius 3 is 2.57 bits per heavy atom. The third kappa shape index (κ3) is 4.11. The lowest BCUT2D eigenvalue weighted by Gasteiger charge is -2.18. The number of likely N-dealkylation sites (N-methyl/N-ethyl adjacent to an activating group) is 1. The second-order valence-electron chi connectivity index (χ2n) is 7.67. The maximum Gasteiger partial charge on any atom is 0.238 e. The van der Waals surface area contributed by atoms with Crippen LogP contribution in [0.15, 0.2) is 72.9 Å². The van der Waals surface area contributed by atoms with Crippen molar-refractivity contribution in [3.8, 4) is 11.3 Å². The number of benzene rings is 2. The summed E-state index contributed by atoms with van der Waals surface area (Å²) in [6, 6.07) is 22.1. The quantitative estimate of drug-likeness (QED) is 0.513. The molecule has 4 aromatic rings. The molecular formula is C25H26N4O. The topological polar surface area (TPSA) is 49.6 Å². The number of carbonyl (C=O) groups is 1. The Morgan fingerprint density at radius 1 is 1.00 bits per heavy atom. The van der Waals surface area contributed by atoms with Gasteiger partial charge in [-0.1, -0.05) is 48.5 Å². The third-order valence-corrected chi connectivity index (χ3v) is 5.39. The second kappa shape index (κ2) is 8.51. The van der Waals surface area contributed by atoms with Crippen molar-refractivity contribution in [2.45, 2.75) is 20.4 Å². The van der Waals surface area contributed by atoms with Crippen LogP contribution in [0.1, 0.15) is 16.8 Å². The summed E-state index contributed by atoms with van der Waals surface area (Å²) in [5, 5.41) is 3.04. The number of hydrogen-bond acceptors (Lipinski definition) is 3.